The monoisotopic (exact) mass is 452 g/mol. The van der Waals surface area contributed by atoms with Gasteiger partial charge < -0.3 is 0 Å². The van der Waals surface area contributed by atoms with Crippen LogP contribution in [0.15, 0.2) is 102 Å². The minimum atomic E-state index is -4.21. The first kappa shape index (κ1) is 22.5. The lowest BCUT2D eigenvalue weighted by Crippen LogP contribution is -1.97. The van der Waals surface area contributed by atoms with Gasteiger partial charge in [0, 0.05) is 0 Å². The summed E-state index contributed by atoms with van der Waals surface area (Å²) in [5, 5.41) is 0. The van der Waals surface area contributed by atoms with Crippen molar-refractivity contribution >= 4 is 34.4 Å². The molecule has 164 valence electrons. The first-order chi connectivity index (χ1) is 15.9. The highest BCUT2D eigenvalue weighted by atomic mass is 32.2. The highest BCUT2D eigenvalue weighted by molar-refractivity contribution is 7.85. The van der Waals surface area contributed by atoms with Crippen LogP contribution in [-0.2, 0) is 10.1 Å². The average Bonchev–Trinajstić information content (AvgIpc) is 2.82. The molecule has 0 saturated heterocycles. The molecule has 0 aliphatic rings. The van der Waals surface area contributed by atoms with Crippen molar-refractivity contribution in [1.82, 2.24) is 0 Å². The second-order valence-corrected chi connectivity index (χ2v) is 9.29. The van der Waals surface area contributed by atoms with Gasteiger partial charge in [-0.1, -0.05) is 115 Å². The molecule has 0 amide bonds. The maximum absolute atomic E-state index is 11.3. The summed E-state index contributed by atoms with van der Waals surface area (Å²) in [5.74, 6) is 0. The van der Waals surface area contributed by atoms with Gasteiger partial charge in [0.15, 0.2) is 0 Å². The summed E-state index contributed by atoms with van der Waals surface area (Å²) >= 11 is 0. The summed E-state index contributed by atoms with van der Waals surface area (Å²) in [6.45, 7) is 2.09. The average molecular weight is 453 g/mol. The number of hydrogen-bond donors (Lipinski definition) is 1. The Morgan fingerprint density at radius 1 is 0.576 bits per heavy atom. The zero-order valence-electron chi connectivity index (χ0n) is 18.2. The molecule has 0 heterocycles. The molecule has 4 aromatic rings. The largest absolute Gasteiger partial charge is 0.294 e. The maximum Gasteiger partial charge on any atom is 0.294 e. The van der Waals surface area contributed by atoms with Crippen molar-refractivity contribution in [3.8, 4) is 11.1 Å². The van der Waals surface area contributed by atoms with Crippen LogP contribution in [0.3, 0.4) is 0 Å². The number of hydrogen-bond acceptors (Lipinski definition) is 2. The van der Waals surface area contributed by atoms with Crippen molar-refractivity contribution in [3.63, 3.8) is 0 Å². The van der Waals surface area contributed by atoms with Gasteiger partial charge in [-0.25, -0.2) is 0 Å². The van der Waals surface area contributed by atoms with Crippen LogP contribution in [0.4, 0.5) is 0 Å². The Balaban J connectivity index is 1.44. The van der Waals surface area contributed by atoms with E-state index in [0.29, 0.717) is 5.56 Å². The Morgan fingerprint density at radius 3 is 1.52 bits per heavy atom. The third-order valence-electron chi connectivity index (χ3n) is 5.29. The van der Waals surface area contributed by atoms with Gasteiger partial charge in [0.05, 0.1) is 4.90 Å². The molecule has 0 fully saturated rings. The molecule has 0 spiro atoms. The molecule has 33 heavy (non-hydrogen) atoms. The summed E-state index contributed by atoms with van der Waals surface area (Å²) in [6, 6.07) is 31.2. The van der Waals surface area contributed by atoms with E-state index < -0.39 is 10.1 Å². The lowest BCUT2D eigenvalue weighted by atomic mass is 10.0. The molecule has 0 bridgehead atoms. The van der Waals surface area contributed by atoms with Gasteiger partial charge in [-0.15, -0.1) is 0 Å². The SMILES string of the molecule is Cc1cccc(C=Cc2ccc(-c3ccc(C=Cc4cccc(S(=O)(=O)O)c4)cc3)cc2)c1. The molecule has 0 unspecified atom stereocenters. The van der Waals surface area contributed by atoms with Gasteiger partial charge in [-0.05, 0) is 52.4 Å². The molecule has 4 rings (SSSR count). The highest BCUT2D eigenvalue weighted by Crippen LogP contribution is 2.22. The van der Waals surface area contributed by atoms with Gasteiger partial charge >= 0.3 is 0 Å². The Kier molecular flexibility index (Phi) is 6.68. The minimum Gasteiger partial charge on any atom is -0.282 e. The van der Waals surface area contributed by atoms with E-state index >= 15 is 0 Å². The highest BCUT2D eigenvalue weighted by Gasteiger charge is 2.08. The van der Waals surface area contributed by atoms with E-state index in [2.05, 4.69) is 79.7 Å². The standard InChI is InChI=1S/C29H24O3S/c1-22-4-2-5-25(20-22)10-8-23-12-16-27(17-13-23)28-18-14-24(15-19-28)9-11-26-6-3-7-29(21-26)33(30,31)32/h2-21H,1H3,(H,30,31,32). The first-order valence-corrected chi connectivity index (χ1v) is 12.0. The third-order valence-corrected chi connectivity index (χ3v) is 6.14. The maximum atomic E-state index is 11.3. The fraction of sp³-hybridized carbons (Fsp3) is 0.0345. The summed E-state index contributed by atoms with van der Waals surface area (Å²) < 4.78 is 31.8. The van der Waals surface area contributed by atoms with Crippen LogP contribution in [0.2, 0.25) is 0 Å². The molecule has 3 nitrogen and oxygen atoms in total. The smallest absolute Gasteiger partial charge is 0.282 e. The van der Waals surface area contributed by atoms with E-state index in [1.165, 1.54) is 23.3 Å². The van der Waals surface area contributed by atoms with Crippen molar-refractivity contribution in [2.24, 2.45) is 0 Å². The zero-order chi connectivity index (χ0) is 23.3. The van der Waals surface area contributed by atoms with Gasteiger partial charge in [-0.3, -0.25) is 4.55 Å². The van der Waals surface area contributed by atoms with E-state index in [1.807, 2.05) is 24.3 Å². The third kappa shape index (κ3) is 6.16. The van der Waals surface area contributed by atoms with Crippen LogP contribution < -0.4 is 0 Å². The molecule has 0 aliphatic heterocycles. The van der Waals surface area contributed by atoms with Crippen molar-refractivity contribution in [1.29, 1.82) is 0 Å². The number of aryl methyl sites for hydroxylation is 1. The normalized spacial score (nSPS) is 11.9. The zero-order valence-corrected chi connectivity index (χ0v) is 19.0. The number of benzene rings is 4. The minimum absolute atomic E-state index is 0.114. The van der Waals surface area contributed by atoms with Gasteiger partial charge in [0.25, 0.3) is 10.1 Å². The van der Waals surface area contributed by atoms with Crippen LogP contribution in [-0.4, -0.2) is 13.0 Å². The molecule has 0 saturated carbocycles. The number of rotatable bonds is 6. The molecule has 1 N–H and O–H groups in total. The van der Waals surface area contributed by atoms with Crippen molar-refractivity contribution in [2.75, 3.05) is 0 Å². The molecular formula is C29H24O3S. The van der Waals surface area contributed by atoms with Crippen LogP contribution in [0.1, 0.15) is 27.8 Å². The molecule has 0 aromatic heterocycles. The molecule has 0 radical (unpaired) electrons. The van der Waals surface area contributed by atoms with Gasteiger partial charge in [0.1, 0.15) is 0 Å². The molecule has 0 aliphatic carbocycles. The first-order valence-electron chi connectivity index (χ1n) is 10.6. The summed E-state index contributed by atoms with van der Waals surface area (Å²) in [6.07, 6.45) is 7.96. The quantitative estimate of drug-likeness (QED) is 0.248. The summed E-state index contributed by atoms with van der Waals surface area (Å²) in [5.41, 5.74) is 7.53. The van der Waals surface area contributed by atoms with Gasteiger partial charge in [0.2, 0.25) is 0 Å². The Hall–Kier alpha value is -3.73. The van der Waals surface area contributed by atoms with E-state index in [0.717, 1.165) is 22.3 Å². The van der Waals surface area contributed by atoms with Crippen molar-refractivity contribution < 1.29 is 13.0 Å². The summed E-state index contributed by atoms with van der Waals surface area (Å²) in [7, 11) is -4.21. The predicted octanol–water partition coefficient (Wildman–Crippen LogP) is 7.25. The molecule has 4 aromatic carbocycles. The Bertz CT molecular complexity index is 1410. The lowest BCUT2D eigenvalue weighted by Gasteiger charge is -2.04. The van der Waals surface area contributed by atoms with Crippen LogP contribution in [0, 0.1) is 6.92 Å². The van der Waals surface area contributed by atoms with Crippen molar-refractivity contribution in [3.05, 3.63) is 125 Å². The van der Waals surface area contributed by atoms with Crippen LogP contribution >= 0.6 is 0 Å². The van der Waals surface area contributed by atoms with Crippen molar-refractivity contribution in [2.45, 2.75) is 11.8 Å². The molecule has 0 atom stereocenters. The second-order valence-electron chi connectivity index (χ2n) is 7.87. The predicted molar refractivity (Wildman–Crippen MR) is 137 cm³/mol. The van der Waals surface area contributed by atoms with E-state index in [4.69, 9.17) is 0 Å². The summed E-state index contributed by atoms with van der Waals surface area (Å²) in [4.78, 5) is -0.114. The van der Waals surface area contributed by atoms with E-state index in [1.54, 1.807) is 12.1 Å². The lowest BCUT2D eigenvalue weighted by molar-refractivity contribution is 0.483. The fourth-order valence-corrected chi connectivity index (χ4v) is 4.05. The van der Waals surface area contributed by atoms with Crippen LogP contribution in [0.5, 0.6) is 0 Å². The molecular weight excluding hydrogens is 428 g/mol. The van der Waals surface area contributed by atoms with E-state index in [-0.39, 0.29) is 4.90 Å². The van der Waals surface area contributed by atoms with E-state index in [9.17, 15) is 13.0 Å². The Morgan fingerprint density at radius 2 is 1.03 bits per heavy atom. The topological polar surface area (TPSA) is 54.4 Å². The fourth-order valence-electron chi connectivity index (χ4n) is 3.51. The van der Waals surface area contributed by atoms with Crippen LogP contribution in [0.25, 0.3) is 35.4 Å². The van der Waals surface area contributed by atoms with Gasteiger partial charge in [-0.2, -0.15) is 8.42 Å². The molecule has 4 heteroatoms. The second kappa shape index (κ2) is 9.82. The Labute approximate surface area is 195 Å².